The van der Waals surface area contributed by atoms with Crippen LogP contribution in [0.25, 0.3) is 22.4 Å². The number of anilines is 2. The van der Waals surface area contributed by atoms with Gasteiger partial charge in [-0.05, 0) is 24.6 Å². The maximum Gasteiger partial charge on any atom is 0.244 e. The third-order valence-electron chi connectivity index (χ3n) is 4.80. The molecule has 5 rings (SSSR count). The molecule has 0 saturated carbocycles. The van der Waals surface area contributed by atoms with E-state index < -0.39 is 0 Å². The fraction of sp³-hybridized carbons (Fsp3) is 0.235. The van der Waals surface area contributed by atoms with Gasteiger partial charge >= 0.3 is 0 Å². The van der Waals surface area contributed by atoms with Crippen LogP contribution in [0.2, 0.25) is 0 Å². The van der Waals surface area contributed by atoms with E-state index in [1.54, 1.807) is 39.6 Å². The molecule has 1 saturated heterocycles. The first-order chi connectivity index (χ1) is 13.1. The molecule has 1 atom stereocenters. The largest absolute Gasteiger partial charge is 0.382 e. The van der Waals surface area contributed by atoms with Gasteiger partial charge in [0.05, 0.1) is 5.69 Å². The molecule has 1 fully saturated rings. The Morgan fingerprint density at radius 1 is 1.19 bits per heavy atom. The molecule has 136 valence electrons. The van der Waals surface area contributed by atoms with Gasteiger partial charge in [-0.15, -0.1) is 5.10 Å². The van der Waals surface area contributed by atoms with E-state index in [9.17, 15) is 4.79 Å². The molecule has 10 heteroatoms. The van der Waals surface area contributed by atoms with Crippen molar-refractivity contribution in [3.63, 3.8) is 0 Å². The van der Waals surface area contributed by atoms with Crippen molar-refractivity contribution in [1.82, 2.24) is 34.1 Å². The maximum absolute atomic E-state index is 12.1. The number of hydrogen-bond donors (Lipinski definition) is 2. The summed E-state index contributed by atoms with van der Waals surface area (Å²) < 4.78 is 3.36. The number of carbonyl (C=O) groups excluding carboxylic acids is 1. The molecule has 0 aromatic carbocycles. The fourth-order valence-corrected chi connectivity index (χ4v) is 3.39. The molecule has 5 heterocycles. The summed E-state index contributed by atoms with van der Waals surface area (Å²) in [7, 11) is 1.78. The summed E-state index contributed by atoms with van der Waals surface area (Å²) in [6.07, 6.45) is 5.99. The van der Waals surface area contributed by atoms with Crippen molar-refractivity contribution in [2.24, 2.45) is 0 Å². The molecule has 0 radical (unpaired) electrons. The molecule has 10 nitrogen and oxygen atoms in total. The van der Waals surface area contributed by atoms with Crippen LogP contribution in [0.4, 0.5) is 11.8 Å². The monoisotopic (exact) mass is 363 g/mol. The van der Waals surface area contributed by atoms with Crippen LogP contribution in [0, 0.1) is 0 Å². The Morgan fingerprint density at radius 3 is 2.89 bits per heavy atom. The minimum atomic E-state index is -0.327. The number of hydrogen-bond acceptors (Lipinski definition) is 7. The van der Waals surface area contributed by atoms with Crippen LogP contribution in [0.5, 0.6) is 0 Å². The number of rotatable bonds is 3. The second kappa shape index (κ2) is 5.66. The molecular formula is C17H17N9O. The summed E-state index contributed by atoms with van der Waals surface area (Å²) in [4.78, 5) is 22.3. The van der Waals surface area contributed by atoms with Gasteiger partial charge in [0.1, 0.15) is 11.6 Å². The summed E-state index contributed by atoms with van der Waals surface area (Å²) in [5.41, 5.74) is 9.22. The third-order valence-corrected chi connectivity index (χ3v) is 4.80. The lowest BCUT2D eigenvalue weighted by Gasteiger charge is -2.13. The lowest BCUT2D eigenvalue weighted by atomic mass is 10.2. The number of likely N-dealkylation sites (tertiary alicyclic amines) is 1. The Labute approximate surface area is 153 Å². The van der Waals surface area contributed by atoms with Crippen molar-refractivity contribution in [2.75, 3.05) is 24.6 Å². The van der Waals surface area contributed by atoms with Crippen LogP contribution in [0.1, 0.15) is 6.42 Å². The highest BCUT2D eigenvalue weighted by atomic mass is 16.2. The molecule has 27 heavy (non-hydrogen) atoms. The smallest absolute Gasteiger partial charge is 0.244 e. The molecule has 4 aromatic heterocycles. The molecule has 1 aliphatic heterocycles. The van der Waals surface area contributed by atoms with E-state index >= 15 is 0 Å². The summed E-state index contributed by atoms with van der Waals surface area (Å²) in [6, 6.07) is 5.34. The van der Waals surface area contributed by atoms with Crippen LogP contribution in [0.15, 0.2) is 36.8 Å². The normalized spacial score (nSPS) is 17.3. The zero-order valence-corrected chi connectivity index (χ0v) is 14.6. The van der Waals surface area contributed by atoms with E-state index in [4.69, 9.17) is 5.73 Å². The van der Waals surface area contributed by atoms with Gasteiger partial charge in [0.25, 0.3) is 0 Å². The van der Waals surface area contributed by atoms with E-state index in [1.807, 2.05) is 18.2 Å². The van der Waals surface area contributed by atoms with Crippen LogP contribution < -0.4 is 11.1 Å². The Hall–Kier alpha value is -3.69. The predicted molar refractivity (Wildman–Crippen MR) is 99.0 cm³/mol. The topological polar surface area (TPSA) is 119 Å². The fourth-order valence-electron chi connectivity index (χ4n) is 3.39. The zero-order chi connectivity index (χ0) is 18.5. The second-order valence-corrected chi connectivity index (χ2v) is 6.54. The molecule has 0 aliphatic carbocycles. The summed E-state index contributed by atoms with van der Waals surface area (Å²) in [5, 5.41) is 12.1. The highest BCUT2D eigenvalue weighted by Crippen LogP contribution is 2.28. The molecule has 0 bridgehead atoms. The molecule has 3 N–H and O–H groups in total. The van der Waals surface area contributed by atoms with Crippen molar-refractivity contribution in [3.05, 3.63) is 36.8 Å². The standard InChI is InChI=1S/C17H17N9O/c1-24-7-5-12(16(24)27)20-17-21-15(18)14-10(4-8-26(14)23-17)11-2-3-13-19-6-9-25(13)22-11/h2-4,6,8-9,12H,5,7H2,1H3,(H3,18,20,21,23)/t12-/m0/s1. The molecule has 4 aromatic rings. The Balaban J connectivity index is 1.53. The van der Waals surface area contributed by atoms with Gasteiger partial charge in [0.2, 0.25) is 11.9 Å². The van der Waals surface area contributed by atoms with E-state index in [-0.39, 0.29) is 11.9 Å². The van der Waals surface area contributed by atoms with Crippen LogP contribution in [0.3, 0.4) is 0 Å². The molecule has 0 spiro atoms. The summed E-state index contributed by atoms with van der Waals surface area (Å²) in [6.45, 7) is 0.713. The SMILES string of the molecule is CN1CC[C@H](Nc2nc(N)c3c(-c4ccc5nccn5n4)ccn3n2)C1=O. The van der Waals surface area contributed by atoms with Crippen molar-refractivity contribution >= 4 is 28.8 Å². The van der Waals surface area contributed by atoms with Crippen molar-refractivity contribution in [3.8, 4) is 11.3 Å². The molecular weight excluding hydrogens is 346 g/mol. The highest BCUT2D eigenvalue weighted by molar-refractivity contribution is 5.88. The summed E-state index contributed by atoms with van der Waals surface area (Å²) in [5.74, 6) is 0.677. The van der Waals surface area contributed by atoms with Crippen molar-refractivity contribution in [1.29, 1.82) is 0 Å². The first-order valence-corrected chi connectivity index (χ1v) is 8.57. The molecule has 0 unspecified atom stereocenters. The predicted octanol–water partition coefficient (Wildman–Crippen LogP) is 0.664. The number of aromatic nitrogens is 6. The first kappa shape index (κ1) is 15.6. The van der Waals surface area contributed by atoms with Gasteiger partial charge in [-0.3, -0.25) is 4.79 Å². The Kier molecular flexibility index (Phi) is 3.26. The van der Waals surface area contributed by atoms with Crippen molar-refractivity contribution in [2.45, 2.75) is 12.5 Å². The Morgan fingerprint density at radius 2 is 2.07 bits per heavy atom. The molecule has 1 aliphatic rings. The average Bonchev–Trinajstić information content (AvgIpc) is 3.36. The van der Waals surface area contributed by atoms with Gasteiger partial charge < -0.3 is 16.0 Å². The zero-order valence-electron chi connectivity index (χ0n) is 14.6. The van der Waals surface area contributed by atoms with E-state index in [2.05, 4.69) is 25.5 Å². The maximum atomic E-state index is 12.1. The third kappa shape index (κ3) is 2.45. The van der Waals surface area contributed by atoms with Crippen LogP contribution in [-0.2, 0) is 4.79 Å². The van der Waals surface area contributed by atoms with Crippen LogP contribution in [-0.4, -0.2) is 59.6 Å². The minimum Gasteiger partial charge on any atom is -0.382 e. The van der Waals surface area contributed by atoms with Gasteiger partial charge in [0.15, 0.2) is 11.5 Å². The second-order valence-electron chi connectivity index (χ2n) is 6.54. The van der Waals surface area contributed by atoms with E-state index in [0.717, 1.165) is 16.9 Å². The number of fused-ring (bicyclic) bond motifs is 2. The lowest BCUT2D eigenvalue weighted by Crippen LogP contribution is -2.31. The number of imidazole rings is 1. The number of carbonyl (C=O) groups is 1. The van der Waals surface area contributed by atoms with Gasteiger partial charge in [-0.2, -0.15) is 10.1 Å². The lowest BCUT2D eigenvalue weighted by molar-refractivity contribution is -0.127. The molecule has 1 amide bonds. The average molecular weight is 363 g/mol. The first-order valence-electron chi connectivity index (χ1n) is 8.57. The van der Waals surface area contributed by atoms with Gasteiger partial charge in [-0.1, -0.05) is 0 Å². The number of nitrogen functional groups attached to an aromatic ring is 1. The highest BCUT2D eigenvalue weighted by Gasteiger charge is 2.29. The quantitative estimate of drug-likeness (QED) is 0.549. The number of nitrogens with zero attached hydrogens (tertiary/aromatic N) is 7. The van der Waals surface area contributed by atoms with Gasteiger partial charge in [-0.25, -0.2) is 14.0 Å². The van der Waals surface area contributed by atoms with E-state index in [0.29, 0.717) is 30.2 Å². The number of likely N-dealkylation sites (N-methyl/N-ethyl adjacent to an activating group) is 1. The summed E-state index contributed by atoms with van der Waals surface area (Å²) >= 11 is 0. The van der Waals surface area contributed by atoms with Crippen LogP contribution >= 0.6 is 0 Å². The number of nitrogens with two attached hydrogens (primary N) is 1. The number of nitrogens with one attached hydrogen (secondary N) is 1. The van der Waals surface area contributed by atoms with Crippen molar-refractivity contribution < 1.29 is 4.79 Å². The van der Waals surface area contributed by atoms with Gasteiger partial charge in [0, 0.05) is 37.7 Å². The van der Waals surface area contributed by atoms with E-state index in [1.165, 1.54) is 0 Å². The number of amides is 1. The minimum absolute atomic E-state index is 0.0308. The Bertz CT molecular complexity index is 1180.